The van der Waals surface area contributed by atoms with Crippen LogP contribution < -0.4 is 5.73 Å². The van der Waals surface area contributed by atoms with Crippen LogP contribution in [0.2, 0.25) is 0 Å². The molecule has 0 bridgehead atoms. The van der Waals surface area contributed by atoms with Crippen molar-refractivity contribution >= 4 is 44.1 Å². The van der Waals surface area contributed by atoms with E-state index in [2.05, 4.69) is 15.0 Å². The molecule has 2 aromatic carbocycles. The molecule has 0 saturated carbocycles. The number of nitrogens with two attached hydrogens (primary N) is 1. The van der Waals surface area contributed by atoms with E-state index in [1.165, 1.54) is 38.2 Å². The fourth-order valence-electron chi connectivity index (χ4n) is 4.94. The highest BCUT2D eigenvalue weighted by atomic mass is 31.2. The lowest BCUT2D eigenvalue weighted by molar-refractivity contribution is -0.165. The highest BCUT2D eigenvalue weighted by Gasteiger charge is 2.52. The van der Waals surface area contributed by atoms with Crippen LogP contribution in [0.1, 0.15) is 31.2 Å². The molecule has 6 unspecified atom stereocenters. The minimum absolute atomic E-state index is 0.0937. The first-order valence-corrected chi connectivity index (χ1v) is 18.1. The Bertz CT molecular complexity index is 1810. The minimum Gasteiger partial charge on any atom is -0.456 e. The third-order valence-electron chi connectivity index (χ3n) is 7.15. The largest absolute Gasteiger partial charge is 0.456 e. The van der Waals surface area contributed by atoms with Gasteiger partial charge in [0.15, 0.2) is 35.8 Å². The summed E-state index contributed by atoms with van der Waals surface area (Å²) >= 11 is 0. The Balaban J connectivity index is 1.42. The van der Waals surface area contributed by atoms with Crippen LogP contribution in [-0.2, 0) is 64.2 Å². The lowest BCUT2D eigenvalue weighted by atomic mass is 10.1. The number of carbonyl (C=O) groups excluding carboxylic acids is 2. The molecule has 0 radical (unpaired) electrons. The van der Waals surface area contributed by atoms with Gasteiger partial charge >= 0.3 is 27.1 Å². The number of rotatable bonds is 15. The lowest BCUT2D eigenvalue weighted by Crippen LogP contribution is -2.40. The predicted octanol–water partition coefficient (Wildman–Crippen LogP) is 4.61. The average Bonchev–Trinajstić information content (AvgIpc) is 3.64. The number of hydrogen-bond acceptors (Lipinski definition) is 15. The van der Waals surface area contributed by atoms with Crippen LogP contribution >= 0.6 is 15.2 Å². The number of fused-ring (bicyclic) bond motifs is 1. The maximum Gasteiger partial charge on any atom is 0.343 e. The topological polar surface area (TPSA) is 203 Å². The molecule has 18 heteroatoms. The van der Waals surface area contributed by atoms with Gasteiger partial charge in [-0.1, -0.05) is 60.7 Å². The lowest BCUT2D eigenvalue weighted by Gasteiger charge is -2.26. The van der Waals surface area contributed by atoms with Gasteiger partial charge in [-0.3, -0.25) is 23.3 Å². The Morgan fingerprint density at radius 3 is 2.00 bits per heavy atom. The van der Waals surface area contributed by atoms with E-state index in [0.29, 0.717) is 11.1 Å². The van der Waals surface area contributed by atoms with Crippen molar-refractivity contribution in [2.45, 2.75) is 51.6 Å². The fourth-order valence-corrected chi connectivity index (χ4v) is 9.32. The molecule has 0 amide bonds. The number of carbonyl (C=O) groups is 2. The number of nitrogen functional groups attached to an aromatic ring is 1. The summed E-state index contributed by atoms with van der Waals surface area (Å²) in [5, 5.41) is 0. The van der Waals surface area contributed by atoms with Crippen molar-refractivity contribution in [1.82, 2.24) is 19.5 Å². The Morgan fingerprint density at radius 2 is 1.42 bits per heavy atom. The van der Waals surface area contributed by atoms with Crippen molar-refractivity contribution in [3.63, 3.8) is 0 Å². The summed E-state index contributed by atoms with van der Waals surface area (Å²) < 4.78 is 69.5. The molecular weight excluding hydrogens is 668 g/mol. The SMILES string of the molecule is COP(=O)(CP(=O)(OCc1ccccc1)OCC1OC(n2cnc3c(N)ncnc32)C(OC(C)=O)C1OC(C)=O)OCc1ccccc1. The maximum absolute atomic E-state index is 14.4. The number of aromatic nitrogens is 4. The van der Waals surface area contributed by atoms with Gasteiger partial charge in [0, 0.05) is 21.0 Å². The number of ether oxygens (including phenoxy) is 3. The minimum atomic E-state index is -4.33. The zero-order valence-electron chi connectivity index (χ0n) is 26.3. The highest BCUT2D eigenvalue weighted by molar-refractivity contribution is 7.71. The summed E-state index contributed by atoms with van der Waals surface area (Å²) in [5.41, 5.74) is 7.84. The number of imidazole rings is 1. The first kappa shape index (κ1) is 35.3. The van der Waals surface area contributed by atoms with Gasteiger partial charge in [0.1, 0.15) is 17.9 Å². The first-order valence-electron chi connectivity index (χ1n) is 14.7. The molecule has 48 heavy (non-hydrogen) atoms. The molecule has 1 fully saturated rings. The van der Waals surface area contributed by atoms with E-state index in [9.17, 15) is 18.7 Å². The van der Waals surface area contributed by atoms with Gasteiger partial charge in [-0.25, -0.2) is 15.0 Å². The monoisotopic (exact) mass is 703 g/mol. The second-order valence-electron chi connectivity index (χ2n) is 10.7. The van der Waals surface area contributed by atoms with E-state index in [1.807, 2.05) is 12.1 Å². The van der Waals surface area contributed by atoms with E-state index in [4.69, 9.17) is 38.0 Å². The van der Waals surface area contributed by atoms with Crippen LogP contribution in [0.3, 0.4) is 0 Å². The van der Waals surface area contributed by atoms with E-state index < -0.39 is 64.2 Å². The van der Waals surface area contributed by atoms with Gasteiger partial charge in [-0.05, 0) is 11.1 Å². The van der Waals surface area contributed by atoms with Gasteiger partial charge in [-0.15, -0.1) is 0 Å². The number of esters is 2. The summed E-state index contributed by atoms with van der Waals surface area (Å²) in [4.78, 5) is 36.9. The summed E-state index contributed by atoms with van der Waals surface area (Å²) in [5.74, 6) is -2.06. The Labute approximate surface area is 275 Å². The molecule has 0 aliphatic carbocycles. The van der Waals surface area contributed by atoms with Crippen molar-refractivity contribution in [2.24, 2.45) is 0 Å². The zero-order valence-corrected chi connectivity index (χ0v) is 28.1. The van der Waals surface area contributed by atoms with E-state index in [-0.39, 0.29) is 30.2 Å². The van der Waals surface area contributed by atoms with Crippen LogP contribution in [0.25, 0.3) is 11.2 Å². The van der Waals surface area contributed by atoms with Crippen LogP contribution in [-0.4, -0.2) is 69.4 Å². The summed E-state index contributed by atoms with van der Waals surface area (Å²) in [6.45, 7) is 1.57. The van der Waals surface area contributed by atoms with E-state index in [0.717, 1.165) is 0 Å². The molecule has 0 spiro atoms. The van der Waals surface area contributed by atoms with Crippen molar-refractivity contribution in [1.29, 1.82) is 0 Å². The number of benzene rings is 2. The molecule has 4 aromatic rings. The smallest absolute Gasteiger partial charge is 0.343 e. The van der Waals surface area contributed by atoms with Crippen molar-refractivity contribution in [3.8, 4) is 0 Å². The summed E-state index contributed by atoms with van der Waals surface area (Å²) in [7, 11) is -7.23. The molecule has 256 valence electrons. The third-order valence-corrected chi connectivity index (χ3v) is 12.1. The number of hydrogen-bond donors (Lipinski definition) is 1. The second-order valence-corrected chi connectivity index (χ2v) is 15.4. The zero-order chi connectivity index (χ0) is 34.3. The van der Waals surface area contributed by atoms with Gasteiger partial charge < -0.3 is 38.0 Å². The summed E-state index contributed by atoms with van der Waals surface area (Å²) in [6, 6.07) is 17.8. The molecule has 1 aliphatic rings. The normalized spacial score (nSPS) is 21.7. The molecule has 1 aliphatic heterocycles. The fraction of sp³-hybridized carbons (Fsp3) is 0.367. The maximum atomic E-state index is 14.4. The Morgan fingerprint density at radius 1 is 0.833 bits per heavy atom. The van der Waals surface area contributed by atoms with E-state index >= 15 is 0 Å². The molecular formula is C30H35N5O11P2. The molecule has 2 N–H and O–H groups in total. The van der Waals surface area contributed by atoms with Crippen LogP contribution in [0.4, 0.5) is 5.82 Å². The third kappa shape index (κ3) is 8.71. The Hall–Kier alpha value is -4.01. The van der Waals surface area contributed by atoms with Crippen LogP contribution in [0.15, 0.2) is 73.3 Å². The molecule has 2 aromatic heterocycles. The predicted molar refractivity (Wildman–Crippen MR) is 170 cm³/mol. The van der Waals surface area contributed by atoms with Gasteiger partial charge in [0.25, 0.3) is 0 Å². The summed E-state index contributed by atoms with van der Waals surface area (Å²) in [6.07, 6.45) is -2.21. The average molecular weight is 704 g/mol. The van der Waals surface area contributed by atoms with E-state index in [1.54, 1.807) is 48.5 Å². The molecule has 16 nitrogen and oxygen atoms in total. The first-order chi connectivity index (χ1) is 23.0. The number of anilines is 1. The van der Waals surface area contributed by atoms with Crippen molar-refractivity contribution in [2.75, 3.05) is 25.4 Å². The standard InChI is InChI=1S/C30H35N5O11P2/c1-20(36)44-26-24(46-30(27(26)45-21(2)37)35-18-34-25-28(31)32-17-33-29(25)35)16-43-48(39,42-15-23-12-8-5-9-13-23)19-47(38,40-3)41-14-22-10-6-4-7-11-22/h4-13,17-18,24,26-27,30H,14-16,19H2,1-3H3,(H2,31,32,33). The molecule has 5 rings (SSSR count). The quantitative estimate of drug-likeness (QED) is 0.133. The molecule has 1 saturated heterocycles. The Kier molecular flexibility index (Phi) is 11.4. The van der Waals surface area contributed by atoms with Gasteiger partial charge in [0.05, 0.1) is 26.1 Å². The van der Waals surface area contributed by atoms with Gasteiger partial charge in [-0.2, -0.15) is 0 Å². The van der Waals surface area contributed by atoms with Crippen LogP contribution in [0, 0.1) is 0 Å². The molecule has 6 atom stereocenters. The highest BCUT2D eigenvalue weighted by Crippen LogP contribution is 2.64. The van der Waals surface area contributed by atoms with Crippen molar-refractivity contribution < 1.29 is 51.0 Å². The van der Waals surface area contributed by atoms with Crippen molar-refractivity contribution in [3.05, 3.63) is 84.4 Å². The number of nitrogens with zero attached hydrogens (tertiary/aromatic N) is 4. The van der Waals surface area contributed by atoms with Crippen LogP contribution in [0.5, 0.6) is 0 Å². The second kappa shape index (κ2) is 15.5. The van der Waals surface area contributed by atoms with Gasteiger partial charge in [0.2, 0.25) is 0 Å². The molecule has 3 heterocycles.